The largest absolute Gasteiger partial charge is 0.313 e. The zero-order valence-electron chi connectivity index (χ0n) is 12.7. The van der Waals surface area contributed by atoms with E-state index >= 15 is 0 Å². The molecule has 1 N–H and O–H groups in total. The summed E-state index contributed by atoms with van der Waals surface area (Å²) in [7, 11) is 2.05. The molecule has 0 radical (unpaired) electrons. The van der Waals surface area contributed by atoms with Gasteiger partial charge in [-0.15, -0.1) is 0 Å². The Morgan fingerprint density at radius 3 is 2.67 bits per heavy atom. The third kappa shape index (κ3) is 3.22. The fourth-order valence-corrected chi connectivity index (χ4v) is 3.51. The SMILES string of the molecule is CNC(Cc1ccc2c(c1)CCC2)c1ccc(Br)c(C)c1. The van der Waals surface area contributed by atoms with Crippen molar-refractivity contribution in [3.8, 4) is 0 Å². The molecule has 21 heavy (non-hydrogen) atoms. The van der Waals surface area contributed by atoms with Gasteiger partial charge in [-0.2, -0.15) is 0 Å². The van der Waals surface area contributed by atoms with Crippen LogP contribution in [-0.4, -0.2) is 7.05 Å². The van der Waals surface area contributed by atoms with Crippen LogP contribution in [0, 0.1) is 6.92 Å². The number of halogens is 1. The smallest absolute Gasteiger partial charge is 0.0358 e. The molecular formula is C19H22BrN. The molecule has 0 heterocycles. The van der Waals surface area contributed by atoms with Crippen LogP contribution in [0.5, 0.6) is 0 Å². The highest BCUT2D eigenvalue weighted by Crippen LogP contribution is 2.27. The molecule has 2 heteroatoms. The maximum atomic E-state index is 3.58. The summed E-state index contributed by atoms with van der Waals surface area (Å²) in [5.74, 6) is 0. The van der Waals surface area contributed by atoms with Crippen molar-refractivity contribution in [2.24, 2.45) is 0 Å². The molecule has 0 spiro atoms. The number of hydrogen-bond acceptors (Lipinski definition) is 1. The number of likely N-dealkylation sites (N-methyl/N-ethyl adjacent to an activating group) is 1. The Kier molecular flexibility index (Phi) is 4.46. The Bertz CT molecular complexity index is 648. The molecule has 1 nitrogen and oxygen atoms in total. The predicted octanol–water partition coefficient (Wildman–Crippen LogP) is 4.75. The zero-order chi connectivity index (χ0) is 14.8. The normalized spacial score (nSPS) is 15.0. The van der Waals surface area contributed by atoms with Crippen molar-refractivity contribution in [2.45, 2.75) is 38.6 Å². The molecule has 2 aromatic carbocycles. The van der Waals surface area contributed by atoms with E-state index < -0.39 is 0 Å². The van der Waals surface area contributed by atoms with Crippen molar-refractivity contribution >= 4 is 15.9 Å². The van der Waals surface area contributed by atoms with Gasteiger partial charge in [0, 0.05) is 10.5 Å². The molecule has 0 bridgehead atoms. The minimum Gasteiger partial charge on any atom is -0.313 e. The average Bonchev–Trinajstić information content (AvgIpc) is 2.95. The summed E-state index contributed by atoms with van der Waals surface area (Å²) in [6, 6.07) is 14.1. The van der Waals surface area contributed by atoms with Crippen molar-refractivity contribution in [3.05, 3.63) is 68.7 Å². The van der Waals surface area contributed by atoms with E-state index in [0.29, 0.717) is 6.04 Å². The summed E-state index contributed by atoms with van der Waals surface area (Å²) in [6.07, 6.45) is 4.88. The maximum absolute atomic E-state index is 3.58. The summed E-state index contributed by atoms with van der Waals surface area (Å²) >= 11 is 3.58. The van der Waals surface area contributed by atoms with Crippen LogP contribution in [0.2, 0.25) is 0 Å². The minimum atomic E-state index is 0.372. The van der Waals surface area contributed by atoms with Crippen molar-refractivity contribution in [2.75, 3.05) is 7.05 Å². The van der Waals surface area contributed by atoms with Crippen LogP contribution in [0.1, 0.15) is 40.3 Å². The van der Waals surface area contributed by atoms with E-state index in [1.807, 2.05) is 0 Å². The Labute approximate surface area is 135 Å². The zero-order valence-corrected chi connectivity index (χ0v) is 14.3. The predicted molar refractivity (Wildman–Crippen MR) is 92.9 cm³/mol. The molecule has 110 valence electrons. The highest BCUT2D eigenvalue weighted by atomic mass is 79.9. The number of rotatable bonds is 4. The van der Waals surface area contributed by atoms with Gasteiger partial charge in [-0.25, -0.2) is 0 Å². The monoisotopic (exact) mass is 343 g/mol. The molecule has 1 aliphatic carbocycles. The Balaban J connectivity index is 1.82. The summed E-state index contributed by atoms with van der Waals surface area (Å²) < 4.78 is 1.18. The van der Waals surface area contributed by atoms with E-state index in [4.69, 9.17) is 0 Å². The van der Waals surface area contributed by atoms with Crippen LogP contribution in [0.3, 0.4) is 0 Å². The molecule has 2 aromatic rings. The lowest BCUT2D eigenvalue weighted by Crippen LogP contribution is -2.19. The second-order valence-electron chi connectivity index (χ2n) is 6.01. The topological polar surface area (TPSA) is 12.0 Å². The summed E-state index contributed by atoms with van der Waals surface area (Å²) in [6.45, 7) is 2.15. The van der Waals surface area contributed by atoms with Crippen LogP contribution < -0.4 is 5.32 Å². The van der Waals surface area contributed by atoms with Gasteiger partial charge in [0.15, 0.2) is 0 Å². The third-order valence-electron chi connectivity index (χ3n) is 4.54. The molecule has 0 fully saturated rings. The first kappa shape index (κ1) is 14.8. The Hall–Kier alpha value is -1.12. The first-order chi connectivity index (χ1) is 10.2. The van der Waals surface area contributed by atoms with Crippen LogP contribution in [-0.2, 0) is 19.3 Å². The lowest BCUT2D eigenvalue weighted by molar-refractivity contribution is 0.591. The highest BCUT2D eigenvalue weighted by Gasteiger charge is 2.14. The van der Waals surface area contributed by atoms with Crippen LogP contribution >= 0.6 is 15.9 Å². The van der Waals surface area contributed by atoms with Crippen LogP contribution in [0.25, 0.3) is 0 Å². The van der Waals surface area contributed by atoms with Gasteiger partial charge in [0.25, 0.3) is 0 Å². The van der Waals surface area contributed by atoms with Gasteiger partial charge in [0.05, 0.1) is 0 Å². The molecular weight excluding hydrogens is 322 g/mol. The van der Waals surface area contributed by atoms with E-state index in [2.05, 4.69) is 71.6 Å². The average molecular weight is 344 g/mol. The lowest BCUT2D eigenvalue weighted by atomic mass is 9.96. The van der Waals surface area contributed by atoms with Crippen LogP contribution in [0.15, 0.2) is 40.9 Å². The summed E-state index contributed by atoms with van der Waals surface area (Å²) in [5.41, 5.74) is 7.21. The molecule has 0 saturated carbocycles. The molecule has 1 aliphatic rings. The molecule has 0 amide bonds. The fraction of sp³-hybridized carbons (Fsp3) is 0.368. The van der Waals surface area contributed by atoms with E-state index in [9.17, 15) is 0 Å². The number of aryl methyl sites for hydroxylation is 3. The molecule has 1 atom stereocenters. The molecule has 3 rings (SSSR count). The maximum Gasteiger partial charge on any atom is 0.0358 e. The summed E-state index contributed by atoms with van der Waals surface area (Å²) in [4.78, 5) is 0. The first-order valence-electron chi connectivity index (χ1n) is 7.71. The van der Waals surface area contributed by atoms with Gasteiger partial charge >= 0.3 is 0 Å². The molecule has 1 unspecified atom stereocenters. The lowest BCUT2D eigenvalue weighted by Gasteiger charge is -2.18. The van der Waals surface area contributed by atoms with Crippen molar-refractivity contribution in [1.82, 2.24) is 5.32 Å². The number of fused-ring (bicyclic) bond motifs is 1. The highest BCUT2D eigenvalue weighted by molar-refractivity contribution is 9.10. The number of hydrogen-bond donors (Lipinski definition) is 1. The van der Waals surface area contributed by atoms with Gasteiger partial charge < -0.3 is 5.32 Å². The Morgan fingerprint density at radius 1 is 1.10 bits per heavy atom. The van der Waals surface area contributed by atoms with Gasteiger partial charge in [0.1, 0.15) is 0 Å². The van der Waals surface area contributed by atoms with Crippen molar-refractivity contribution in [3.63, 3.8) is 0 Å². The van der Waals surface area contributed by atoms with E-state index in [0.717, 1.165) is 6.42 Å². The molecule has 0 aliphatic heterocycles. The quantitative estimate of drug-likeness (QED) is 0.844. The van der Waals surface area contributed by atoms with E-state index in [-0.39, 0.29) is 0 Å². The summed E-state index contributed by atoms with van der Waals surface area (Å²) in [5, 5.41) is 3.47. The first-order valence-corrected chi connectivity index (χ1v) is 8.50. The third-order valence-corrected chi connectivity index (χ3v) is 5.43. The fourth-order valence-electron chi connectivity index (χ4n) is 3.26. The minimum absolute atomic E-state index is 0.372. The molecule has 0 saturated heterocycles. The Morgan fingerprint density at radius 2 is 1.90 bits per heavy atom. The van der Waals surface area contributed by atoms with Crippen molar-refractivity contribution < 1.29 is 0 Å². The number of benzene rings is 2. The van der Waals surface area contributed by atoms with Gasteiger partial charge in [0.2, 0.25) is 0 Å². The van der Waals surface area contributed by atoms with E-state index in [1.165, 1.54) is 40.4 Å². The van der Waals surface area contributed by atoms with Crippen molar-refractivity contribution in [1.29, 1.82) is 0 Å². The molecule has 0 aromatic heterocycles. The number of nitrogens with one attached hydrogen (secondary N) is 1. The van der Waals surface area contributed by atoms with Gasteiger partial charge in [-0.3, -0.25) is 0 Å². The van der Waals surface area contributed by atoms with Gasteiger partial charge in [-0.1, -0.05) is 46.3 Å². The van der Waals surface area contributed by atoms with Crippen LogP contribution in [0.4, 0.5) is 0 Å². The second kappa shape index (κ2) is 6.33. The second-order valence-corrected chi connectivity index (χ2v) is 6.86. The standard InChI is InChI=1S/C19H22BrN/c1-13-10-17(8-9-18(13)20)19(21-2)12-14-6-7-15-4-3-5-16(15)11-14/h6-11,19,21H,3-5,12H2,1-2H3. The van der Waals surface area contributed by atoms with E-state index in [1.54, 1.807) is 11.1 Å². The van der Waals surface area contributed by atoms with Gasteiger partial charge in [-0.05, 0) is 73.5 Å².